The number of hydrogen-bond acceptors (Lipinski definition) is 3. The Morgan fingerprint density at radius 1 is 1.18 bits per heavy atom. The minimum Gasteiger partial charge on any atom is -0.504 e. The van der Waals surface area contributed by atoms with Crippen LogP contribution in [-0.2, 0) is 0 Å². The summed E-state index contributed by atoms with van der Waals surface area (Å²) >= 11 is 0. The van der Waals surface area contributed by atoms with Gasteiger partial charge in [-0.05, 0) is 18.2 Å². The number of phenolic OH excluding ortho intramolecular Hbond substituents is 2. The third-order valence-corrected chi connectivity index (χ3v) is 1.14. The van der Waals surface area contributed by atoms with E-state index in [2.05, 4.69) is 0 Å². The first kappa shape index (κ1) is 9.78. The van der Waals surface area contributed by atoms with Crippen LogP contribution >= 0.6 is 12.4 Å². The van der Waals surface area contributed by atoms with Crippen LogP contribution in [0, 0.1) is 0 Å². The fourth-order valence-corrected chi connectivity index (χ4v) is 0.614. The molecule has 0 radical (unpaired) electrons. The normalized spacial score (nSPS) is 8.36. The monoisotopic (exact) mass is 174 g/mol. The largest absolute Gasteiger partial charge is 0.504 e. The van der Waals surface area contributed by atoms with Gasteiger partial charge >= 0.3 is 0 Å². The first-order valence-electron chi connectivity index (χ1n) is 2.71. The van der Waals surface area contributed by atoms with Crippen LogP contribution in [0.5, 0.6) is 11.5 Å². The summed E-state index contributed by atoms with van der Waals surface area (Å²) in [6.07, 6.45) is 0.596. The average Bonchev–Trinajstić information content (AvgIpc) is 1.95. The van der Waals surface area contributed by atoms with E-state index in [9.17, 15) is 4.79 Å². The second kappa shape index (κ2) is 3.83. The molecule has 0 unspecified atom stereocenters. The minimum atomic E-state index is -0.274. The second-order valence-electron chi connectivity index (χ2n) is 1.87. The zero-order chi connectivity index (χ0) is 7.56. The van der Waals surface area contributed by atoms with Crippen LogP contribution in [0.1, 0.15) is 10.4 Å². The predicted molar refractivity (Wildman–Crippen MR) is 42.4 cm³/mol. The van der Waals surface area contributed by atoms with E-state index in [0.29, 0.717) is 11.8 Å². The summed E-state index contributed by atoms with van der Waals surface area (Å²) in [6, 6.07) is 3.88. The van der Waals surface area contributed by atoms with Crippen molar-refractivity contribution in [2.24, 2.45) is 0 Å². The van der Waals surface area contributed by atoms with Crippen molar-refractivity contribution in [1.82, 2.24) is 0 Å². The van der Waals surface area contributed by atoms with Crippen molar-refractivity contribution in [2.75, 3.05) is 0 Å². The van der Waals surface area contributed by atoms with Crippen LogP contribution in [0.25, 0.3) is 0 Å². The van der Waals surface area contributed by atoms with E-state index in [-0.39, 0.29) is 23.9 Å². The molecule has 1 aromatic rings. The minimum absolute atomic E-state index is 0. The van der Waals surface area contributed by atoms with Crippen molar-refractivity contribution >= 4 is 18.7 Å². The van der Waals surface area contributed by atoms with Crippen molar-refractivity contribution in [1.29, 1.82) is 0 Å². The first-order valence-corrected chi connectivity index (χ1v) is 2.71. The number of aromatic hydroxyl groups is 2. The number of hydrogen-bond donors (Lipinski definition) is 2. The summed E-state index contributed by atoms with van der Waals surface area (Å²) in [5.41, 5.74) is 0.343. The molecule has 0 aliphatic carbocycles. The molecule has 0 saturated heterocycles. The molecule has 60 valence electrons. The summed E-state index contributed by atoms with van der Waals surface area (Å²) in [6.45, 7) is 0. The average molecular weight is 175 g/mol. The molecule has 0 aromatic heterocycles. The Morgan fingerprint density at radius 3 is 2.27 bits per heavy atom. The van der Waals surface area contributed by atoms with E-state index in [4.69, 9.17) is 10.2 Å². The lowest BCUT2D eigenvalue weighted by Gasteiger charge is -1.95. The van der Waals surface area contributed by atoms with Crippen LogP contribution in [0.4, 0.5) is 0 Å². The summed E-state index contributed by atoms with van der Waals surface area (Å²) < 4.78 is 0. The van der Waals surface area contributed by atoms with Crippen molar-refractivity contribution in [2.45, 2.75) is 0 Å². The summed E-state index contributed by atoms with van der Waals surface area (Å²) in [7, 11) is 0. The van der Waals surface area contributed by atoms with Crippen molar-refractivity contribution in [3.05, 3.63) is 23.8 Å². The quantitative estimate of drug-likeness (QED) is 0.499. The molecular formula is C7H7ClO3. The van der Waals surface area contributed by atoms with Gasteiger partial charge in [-0.25, -0.2) is 0 Å². The molecule has 0 aliphatic rings. The van der Waals surface area contributed by atoms with Crippen LogP contribution in [0.3, 0.4) is 0 Å². The number of carbonyl (C=O) groups is 1. The highest BCUT2D eigenvalue weighted by Gasteiger charge is 1.97. The second-order valence-corrected chi connectivity index (χ2v) is 1.87. The lowest BCUT2D eigenvalue weighted by atomic mass is 10.2. The number of halogens is 1. The molecule has 0 saturated carbocycles. The molecule has 0 heterocycles. The van der Waals surface area contributed by atoms with Gasteiger partial charge in [-0.3, -0.25) is 4.79 Å². The number of phenols is 2. The highest BCUT2D eigenvalue weighted by Crippen LogP contribution is 2.23. The molecule has 1 aromatic carbocycles. The molecule has 0 amide bonds. The third kappa shape index (κ3) is 2.13. The molecular weight excluding hydrogens is 168 g/mol. The lowest BCUT2D eigenvalue weighted by molar-refractivity contribution is 0.112. The lowest BCUT2D eigenvalue weighted by Crippen LogP contribution is -1.77. The molecule has 1 rings (SSSR count). The van der Waals surface area contributed by atoms with Gasteiger partial charge in [-0.15, -0.1) is 12.4 Å². The van der Waals surface area contributed by atoms with Gasteiger partial charge in [0.05, 0.1) is 0 Å². The Labute approximate surface area is 69.7 Å². The Bertz CT molecular complexity index is 260. The summed E-state index contributed by atoms with van der Waals surface area (Å²) in [4.78, 5) is 10.1. The van der Waals surface area contributed by atoms with Gasteiger partial charge in [-0.1, -0.05) is 0 Å². The van der Waals surface area contributed by atoms with Gasteiger partial charge in [0.1, 0.15) is 6.29 Å². The molecule has 3 nitrogen and oxygen atoms in total. The molecule has 0 fully saturated rings. The number of aldehydes is 1. The zero-order valence-corrected chi connectivity index (χ0v) is 6.34. The topological polar surface area (TPSA) is 57.5 Å². The van der Waals surface area contributed by atoms with Gasteiger partial charge < -0.3 is 10.2 Å². The van der Waals surface area contributed by atoms with E-state index in [0.717, 1.165) is 0 Å². The molecule has 0 aliphatic heterocycles. The maximum atomic E-state index is 10.1. The highest BCUT2D eigenvalue weighted by molar-refractivity contribution is 5.85. The van der Waals surface area contributed by atoms with Gasteiger partial charge in [-0.2, -0.15) is 0 Å². The number of benzene rings is 1. The smallest absolute Gasteiger partial charge is 0.158 e. The van der Waals surface area contributed by atoms with E-state index in [1.165, 1.54) is 18.2 Å². The fourth-order valence-electron chi connectivity index (χ4n) is 0.614. The molecule has 0 bridgehead atoms. The van der Waals surface area contributed by atoms with Crippen LogP contribution in [0.15, 0.2) is 18.2 Å². The Balaban J connectivity index is 0.000001000. The van der Waals surface area contributed by atoms with E-state index in [1.807, 2.05) is 0 Å². The Hall–Kier alpha value is -1.22. The van der Waals surface area contributed by atoms with Crippen LogP contribution in [-0.4, -0.2) is 16.5 Å². The third-order valence-electron chi connectivity index (χ3n) is 1.14. The molecule has 2 N–H and O–H groups in total. The predicted octanol–water partition coefficient (Wildman–Crippen LogP) is 1.33. The van der Waals surface area contributed by atoms with Gasteiger partial charge in [0.25, 0.3) is 0 Å². The van der Waals surface area contributed by atoms with Crippen molar-refractivity contribution < 1.29 is 15.0 Å². The molecule has 0 atom stereocenters. The van der Waals surface area contributed by atoms with Crippen LogP contribution in [0.2, 0.25) is 0 Å². The molecule has 4 heteroatoms. The molecule has 11 heavy (non-hydrogen) atoms. The number of carbonyl (C=O) groups excluding carboxylic acids is 1. The summed E-state index contributed by atoms with van der Waals surface area (Å²) in [5.74, 6) is -0.491. The van der Waals surface area contributed by atoms with Gasteiger partial charge in [0.15, 0.2) is 11.5 Å². The van der Waals surface area contributed by atoms with Gasteiger partial charge in [0, 0.05) is 5.56 Å². The van der Waals surface area contributed by atoms with E-state index >= 15 is 0 Å². The maximum absolute atomic E-state index is 10.1. The van der Waals surface area contributed by atoms with E-state index < -0.39 is 0 Å². The fraction of sp³-hybridized carbons (Fsp3) is 0. The van der Waals surface area contributed by atoms with Crippen LogP contribution < -0.4 is 0 Å². The Morgan fingerprint density at radius 2 is 1.82 bits per heavy atom. The first-order chi connectivity index (χ1) is 4.74. The molecule has 0 spiro atoms. The zero-order valence-electron chi connectivity index (χ0n) is 5.52. The van der Waals surface area contributed by atoms with Crippen molar-refractivity contribution in [3.63, 3.8) is 0 Å². The standard InChI is InChI=1S/C7H6O3.ClH/c8-4-5-1-2-6(9)7(10)3-5;/h1-4,9-10H;1H. The highest BCUT2D eigenvalue weighted by atomic mass is 35.5. The van der Waals surface area contributed by atoms with Gasteiger partial charge in [0.2, 0.25) is 0 Å². The SMILES string of the molecule is Cl.O=Cc1ccc(O)c(O)c1. The number of rotatable bonds is 1. The maximum Gasteiger partial charge on any atom is 0.158 e. The van der Waals surface area contributed by atoms with Crippen molar-refractivity contribution in [3.8, 4) is 11.5 Å². The summed E-state index contributed by atoms with van der Waals surface area (Å²) in [5, 5.41) is 17.6. The Kier molecular flexibility index (Phi) is 3.40. The van der Waals surface area contributed by atoms with E-state index in [1.54, 1.807) is 0 Å².